The van der Waals surface area contributed by atoms with Gasteiger partial charge in [-0.15, -0.1) is 5.10 Å². The predicted molar refractivity (Wildman–Crippen MR) is 69.7 cm³/mol. The van der Waals surface area contributed by atoms with Crippen LogP contribution in [0.15, 0.2) is 24.4 Å². The van der Waals surface area contributed by atoms with E-state index in [1.807, 2.05) is 19.9 Å². The van der Waals surface area contributed by atoms with Crippen LogP contribution < -0.4 is 10.1 Å². The summed E-state index contributed by atoms with van der Waals surface area (Å²) in [4.78, 5) is 4.02. The fourth-order valence-electron chi connectivity index (χ4n) is 1.50. The molecule has 0 atom stereocenters. The van der Waals surface area contributed by atoms with Gasteiger partial charge in [0.15, 0.2) is 0 Å². The van der Waals surface area contributed by atoms with E-state index in [2.05, 4.69) is 25.2 Å². The normalized spacial score (nSPS) is 10.7. The van der Waals surface area contributed by atoms with Crippen molar-refractivity contribution in [2.24, 2.45) is 0 Å². The molecule has 0 aliphatic rings. The second kappa shape index (κ2) is 6.23. The number of ether oxygens (including phenoxy) is 1. The van der Waals surface area contributed by atoms with E-state index in [0.29, 0.717) is 18.1 Å². The van der Waals surface area contributed by atoms with E-state index in [0.717, 1.165) is 11.3 Å². The first-order valence-electron chi connectivity index (χ1n) is 5.99. The largest absolute Gasteiger partial charge is 0.433 e. The zero-order chi connectivity index (χ0) is 14.5. The zero-order valence-corrected chi connectivity index (χ0v) is 11.1. The number of halogens is 2. The molecular formula is C13H14F2N4O. The molecule has 0 unspecified atom stereocenters. The Bertz CT molecular complexity index is 575. The Kier molecular flexibility index (Phi) is 4.39. The summed E-state index contributed by atoms with van der Waals surface area (Å²) in [6.45, 7) is 1.41. The van der Waals surface area contributed by atoms with Crippen LogP contribution in [-0.2, 0) is 6.54 Å². The number of alkyl halides is 2. The quantitative estimate of drug-likeness (QED) is 0.912. The molecule has 0 bridgehead atoms. The van der Waals surface area contributed by atoms with Crippen molar-refractivity contribution in [3.63, 3.8) is 0 Å². The number of rotatable bonds is 5. The van der Waals surface area contributed by atoms with Crippen molar-refractivity contribution in [3.05, 3.63) is 41.3 Å². The van der Waals surface area contributed by atoms with Crippen molar-refractivity contribution >= 4 is 5.82 Å². The molecule has 0 aliphatic heterocycles. The van der Waals surface area contributed by atoms with Crippen molar-refractivity contribution in [1.82, 2.24) is 15.2 Å². The van der Waals surface area contributed by atoms with Gasteiger partial charge in [0.05, 0.1) is 24.1 Å². The van der Waals surface area contributed by atoms with Gasteiger partial charge in [0.1, 0.15) is 11.6 Å². The summed E-state index contributed by atoms with van der Waals surface area (Å²) in [7, 11) is 0. The highest BCUT2D eigenvalue weighted by atomic mass is 19.3. The molecule has 2 heterocycles. The molecule has 0 radical (unpaired) electrons. The summed E-state index contributed by atoms with van der Waals surface area (Å²) in [6.07, 6.45) is 1.26. The van der Waals surface area contributed by atoms with Crippen LogP contribution in [0, 0.1) is 13.8 Å². The highest BCUT2D eigenvalue weighted by molar-refractivity contribution is 5.37. The van der Waals surface area contributed by atoms with E-state index in [-0.39, 0.29) is 5.75 Å². The molecule has 0 saturated carbocycles. The van der Waals surface area contributed by atoms with E-state index in [1.165, 1.54) is 12.3 Å². The van der Waals surface area contributed by atoms with Gasteiger partial charge >= 0.3 is 6.61 Å². The summed E-state index contributed by atoms with van der Waals surface area (Å²) in [5.41, 5.74) is 2.60. The van der Waals surface area contributed by atoms with E-state index in [4.69, 9.17) is 0 Å². The number of nitrogens with zero attached hydrogens (tertiary/aromatic N) is 3. The van der Waals surface area contributed by atoms with E-state index in [1.54, 1.807) is 6.07 Å². The number of aryl methyl sites for hydroxylation is 2. The highest BCUT2D eigenvalue weighted by Crippen LogP contribution is 2.13. The maximum absolute atomic E-state index is 12.0. The monoisotopic (exact) mass is 280 g/mol. The SMILES string of the molecule is Cc1cc(NCc2ccc(OC(F)F)cn2)nnc1C. The van der Waals surface area contributed by atoms with Crippen molar-refractivity contribution < 1.29 is 13.5 Å². The van der Waals surface area contributed by atoms with E-state index < -0.39 is 6.61 Å². The number of hydrogen-bond donors (Lipinski definition) is 1. The number of pyridine rings is 1. The predicted octanol–water partition coefficient (Wildman–Crippen LogP) is 2.70. The number of hydrogen-bond acceptors (Lipinski definition) is 5. The van der Waals surface area contributed by atoms with Gasteiger partial charge in [-0.25, -0.2) is 0 Å². The molecule has 20 heavy (non-hydrogen) atoms. The van der Waals surface area contributed by atoms with Gasteiger partial charge in [0.25, 0.3) is 0 Å². The molecule has 7 heteroatoms. The van der Waals surface area contributed by atoms with E-state index >= 15 is 0 Å². The second-order valence-corrected chi connectivity index (χ2v) is 4.22. The third kappa shape index (κ3) is 3.84. The molecule has 2 rings (SSSR count). The van der Waals surface area contributed by atoms with Crippen molar-refractivity contribution in [3.8, 4) is 5.75 Å². The Balaban J connectivity index is 1.95. The number of anilines is 1. The van der Waals surface area contributed by atoms with Gasteiger partial charge in [0, 0.05) is 0 Å². The standard InChI is InChI=1S/C13H14F2N4O/c1-8-5-12(19-18-9(8)2)17-6-10-3-4-11(7-16-10)20-13(14)15/h3-5,7,13H,6H2,1-2H3,(H,17,19). The van der Waals surface area contributed by atoms with Gasteiger partial charge in [-0.3, -0.25) is 4.98 Å². The van der Waals surface area contributed by atoms with Gasteiger partial charge in [-0.1, -0.05) is 0 Å². The topological polar surface area (TPSA) is 59.9 Å². The fraction of sp³-hybridized carbons (Fsp3) is 0.308. The fourth-order valence-corrected chi connectivity index (χ4v) is 1.50. The Labute approximate surface area is 115 Å². The second-order valence-electron chi connectivity index (χ2n) is 4.22. The third-order valence-corrected chi connectivity index (χ3v) is 2.71. The number of aromatic nitrogens is 3. The summed E-state index contributed by atoms with van der Waals surface area (Å²) >= 11 is 0. The molecule has 2 aromatic heterocycles. The van der Waals surface area contributed by atoms with Crippen LogP contribution in [0.2, 0.25) is 0 Å². The highest BCUT2D eigenvalue weighted by Gasteiger charge is 2.05. The first-order chi connectivity index (χ1) is 9.54. The molecule has 106 valence electrons. The lowest BCUT2D eigenvalue weighted by Gasteiger charge is -2.07. The summed E-state index contributed by atoms with van der Waals surface area (Å²) < 4.78 is 28.2. The average molecular weight is 280 g/mol. The molecule has 0 spiro atoms. The Morgan fingerprint density at radius 3 is 2.65 bits per heavy atom. The van der Waals surface area contributed by atoms with Gasteiger partial charge in [0.2, 0.25) is 0 Å². The molecule has 0 amide bonds. The van der Waals surface area contributed by atoms with Gasteiger partial charge in [-0.2, -0.15) is 13.9 Å². The summed E-state index contributed by atoms with van der Waals surface area (Å²) in [5.74, 6) is 0.678. The lowest BCUT2D eigenvalue weighted by Crippen LogP contribution is -2.06. The maximum Gasteiger partial charge on any atom is 0.387 e. The Hall–Kier alpha value is -2.31. The van der Waals surface area contributed by atoms with Crippen LogP contribution in [0.5, 0.6) is 5.75 Å². The zero-order valence-electron chi connectivity index (χ0n) is 11.1. The minimum absolute atomic E-state index is 0.0368. The van der Waals surface area contributed by atoms with Crippen LogP contribution in [0.1, 0.15) is 17.0 Å². The van der Waals surface area contributed by atoms with Gasteiger partial charge in [-0.05, 0) is 37.6 Å². The summed E-state index contributed by atoms with van der Waals surface area (Å²) in [6, 6.07) is 4.94. The molecule has 0 saturated heterocycles. The van der Waals surface area contributed by atoms with Crippen LogP contribution in [-0.4, -0.2) is 21.8 Å². The molecule has 0 fully saturated rings. The van der Waals surface area contributed by atoms with Crippen LogP contribution in [0.4, 0.5) is 14.6 Å². The minimum Gasteiger partial charge on any atom is -0.433 e. The van der Waals surface area contributed by atoms with Crippen LogP contribution in [0.25, 0.3) is 0 Å². The van der Waals surface area contributed by atoms with Crippen molar-refractivity contribution in [2.75, 3.05) is 5.32 Å². The first kappa shape index (κ1) is 14.1. The molecule has 0 aliphatic carbocycles. The molecule has 0 aromatic carbocycles. The lowest BCUT2D eigenvalue weighted by molar-refractivity contribution is -0.0500. The third-order valence-electron chi connectivity index (χ3n) is 2.71. The average Bonchev–Trinajstić information content (AvgIpc) is 2.41. The lowest BCUT2D eigenvalue weighted by atomic mass is 10.2. The number of nitrogens with one attached hydrogen (secondary N) is 1. The maximum atomic E-state index is 12.0. The Morgan fingerprint density at radius 2 is 2.05 bits per heavy atom. The minimum atomic E-state index is -2.84. The van der Waals surface area contributed by atoms with E-state index in [9.17, 15) is 8.78 Å². The first-order valence-corrected chi connectivity index (χ1v) is 5.99. The molecule has 1 N–H and O–H groups in total. The van der Waals surface area contributed by atoms with Crippen molar-refractivity contribution in [2.45, 2.75) is 27.0 Å². The van der Waals surface area contributed by atoms with Crippen LogP contribution in [0.3, 0.4) is 0 Å². The molecule has 2 aromatic rings. The van der Waals surface area contributed by atoms with Crippen LogP contribution >= 0.6 is 0 Å². The van der Waals surface area contributed by atoms with Gasteiger partial charge < -0.3 is 10.1 Å². The molecular weight excluding hydrogens is 266 g/mol. The molecule has 5 nitrogen and oxygen atoms in total. The summed E-state index contributed by atoms with van der Waals surface area (Å²) in [5, 5.41) is 11.1. The Morgan fingerprint density at radius 1 is 1.25 bits per heavy atom. The smallest absolute Gasteiger partial charge is 0.387 e. The van der Waals surface area contributed by atoms with Crippen molar-refractivity contribution in [1.29, 1.82) is 0 Å².